The van der Waals surface area contributed by atoms with Crippen LogP contribution in [0.2, 0.25) is 0 Å². The van der Waals surface area contributed by atoms with Crippen LogP contribution < -0.4 is 0 Å². The van der Waals surface area contributed by atoms with Crippen LogP contribution in [0.5, 0.6) is 0 Å². The van der Waals surface area contributed by atoms with E-state index in [-0.39, 0.29) is 5.82 Å². The molecule has 6 nitrogen and oxygen atoms in total. The number of benzene rings is 1. The molecule has 0 amide bonds. The Hall–Kier alpha value is -3.01. The Bertz CT molecular complexity index is 991. The first-order chi connectivity index (χ1) is 12.0. The van der Waals surface area contributed by atoms with Gasteiger partial charge in [-0.1, -0.05) is 22.4 Å². The monoisotopic (exact) mass is 364 g/mol. The zero-order valence-corrected chi connectivity index (χ0v) is 13.0. The number of hydrogen-bond donors (Lipinski definition) is 0. The first-order valence-electron chi connectivity index (χ1n) is 6.89. The van der Waals surface area contributed by atoms with Crippen LogP contribution in [0.4, 0.5) is 13.2 Å². The minimum Gasteiger partial charge on any atom is -0.334 e. The molecule has 0 unspecified atom stereocenters. The van der Waals surface area contributed by atoms with Crippen molar-refractivity contribution in [3.63, 3.8) is 0 Å². The third kappa shape index (κ3) is 3.03. The maximum Gasteiger partial charge on any atom is 0.471 e. The topological polar surface area (TPSA) is 77.8 Å². The third-order valence-electron chi connectivity index (χ3n) is 3.26. The first-order valence-corrected chi connectivity index (χ1v) is 7.83. The van der Waals surface area contributed by atoms with E-state index in [2.05, 4.69) is 24.8 Å². The van der Waals surface area contributed by atoms with Crippen molar-refractivity contribution in [2.75, 3.05) is 0 Å². The number of halogens is 3. The number of thiophene rings is 1. The van der Waals surface area contributed by atoms with Gasteiger partial charge in [0, 0.05) is 22.1 Å². The van der Waals surface area contributed by atoms with Gasteiger partial charge in [-0.15, -0.1) is 0 Å². The van der Waals surface area contributed by atoms with Gasteiger partial charge in [0.25, 0.3) is 5.89 Å². The molecule has 25 heavy (non-hydrogen) atoms. The predicted octanol–water partition coefficient (Wildman–Crippen LogP) is 4.53. The molecule has 0 saturated heterocycles. The quantitative estimate of drug-likeness (QED) is 0.531. The normalized spacial score (nSPS) is 11.8. The Morgan fingerprint density at radius 2 is 1.48 bits per heavy atom. The molecule has 0 bridgehead atoms. The molecule has 0 aliphatic heterocycles. The highest BCUT2D eigenvalue weighted by molar-refractivity contribution is 7.08. The average Bonchev–Trinajstić information content (AvgIpc) is 3.33. The summed E-state index contributed by atoms with van der Waals surface area (Å²) in [5.74, 6) is -0.766. The minimum absolute atomic E-state index is 0.150. The fourth-order valence-corrected chi connectivity index (χ4v) is 2.70. The molecule has 4 aromatic rings. The van der Waals surface area contributed by atoms with E-state index in [1.807, 2.05) is 16.8 Å². The van der Waals surface area contributed by atoms with E-state index in [0.717, 1.165) is 5.56 Å². The molecule has 0 aliphatic carbocycles. The highest BCUT2D eigenvalue weighted by atomic mass is 32.1. The van der Waals surface area contributed by atoms with Gasteiger partial charge in [0.15, 0.2) is 0 Å². The fraction of sp³-hybridized carbons (Fsp3) is 0.0667. The summed E-state index contributed by atoms with van der Waals surface area (Å²) in [5, 5.41) is 11.0. The molecule has 0 fully saturated rings. The van der Waals surface area contributed by atoms with Gasteiger partial charge < -0.3 is 9.05 Å². The zero-order valence-electron chi connectivity index (χ0n) is 12.2. The molecule has 0 spiro atoms. The lowest BCUT2D eigenvalue weighted by Gasteiger charge is -1.97. The molecular formula is C15H7F3N4O2S. The highest BCUT2D eigenvalue weighted by Crippen LogP contribution is 2.30. The van der Waals surface area contributed by atoms with E-state index in [9.17, 15) is 13.2 Å². The summed E-state index contributed by atoms with van der Waals surface area (Å²) in [5.41, 5.74) is 1.85. The van der Waals surface area contributed by atoms with Crippen molar-refractivity contribution in [2.24, 2.45) is 0 Å². The summed E-state index contributed by atoms with van der Waals surface area (Å²) < 4.78 is 46.9. The predicted molar refractivity (Wildman–Crippen MR) is 81.3 cm³/mol. The number of aromatic nitrogens is 4. The summed E-state index contributed by atoms with van der Waals surface area (Å²) in [6.07, 6.45) is -4.67. The minimum atomic E-state index is -4.67. The van der Waals surface area contributed by atoms with Gasteiger partial charge in [0.05, 0.1) is 0 Å². The van der Waals surface area contributed by atoms with E-state index in [1.165, 1.54) is 11.3 Å². The van der Waals surface area contributed by atoms with Crippen molar-refractivity contribution < 1.29 is 22.2 Å². The van der Waals surface area contributed by atoms with Crippen molar-refractivity contribution in [1.82, 2.24) is 20.3 Å². The smallest absolute Gasteiger partial charge is 0.334 e. The molecular weight excluding hydrogens is 357 g/mol. The van der Waals surface area contributed by atoms with Crippen LogP contribution >= 0.6 is 11.3 Å². The first kappa shape index (κ1) is 15.5. The fourth-order valence-electron chi connectivity index (χ4n) is 2.07. The Kier molecular flexibility index (Phi) is 3.61. The molecule has 0 atom stereocenters. The SMILES string of the molecule is FC(F)(F)c1nc(-c2ccc(-c3nc(-c4ccsc4)no3)cc2)no1. The average molecular weight is 364 g/mol. The largest absolute Gasteiger partial charge is 0.471 e. The van der Waals surface area contributed by atoms with Crippen molar-refractivity contribution in [2.45, 2.75) is 6.18 Å². The number of alkyl halides is 3. The van der Waals surface area contributed by atoms with Crippen LogP contribution in [0, 0.1) is 0 Å². The van der Waals surface area contributed by atoms with Crippen LogP contribution in [0.25, 0.3) is 34.2 Å². The molecule has 0 saturated carbocycles. The molecule has 10 heteroatoms. The number of nitrogens with zero attached hydrogens (tertiary/aromatic N) is 4. The van der Waals surface area contributed by atoms with E-state index < -0.39 is 12.1 Å². The van der Waals surface area contributed by atoms with Crippen LogP contribution in [-0.4, -0.2) is 20.3 Å². The Morgan fingerprint density at radius 1 is 0.800 bits per heavy atom. The summed E-state index contributed by atoms with van der Waals surface area (Å²) in [4.78, 5) is 7.63. The van der Waals surface area contributed by atoms with Crippen molar-refractivity contribution in [1.29, 1.82) is 0 Å². The molecule has 126 valence electrons. The lowest BCUT2D eigenvalue weighted by atomic mass is 10.1. The molecule has 0 N–H and O–H groups in total. The Balaban J connectivity index is 1.59. The Morgan fingerprint density at radius 3 is 2.12 bits per heavy atom. The van der Waals surface area contributed by atoms with Gasteiger partial charge >= 0.3 is 12.1 Å². The molecule has 3 aromatic heterocycles. The lowest BCUT2D eigenvalue weighted by Crippen LogP contribution is -2.04. The molecule has 3 heterocycles. The lowest BCUT2D eigenvalue weighted by molar-refractivity contribution is -0.159. The second-order valence-electron chi connectivity index (χ2n) is 4.93. The van der Waals surface area contributed by atoms with Crippen molar-refractivity contribution >= 4 is 11.3 Å². The van der Waals surface area contributed by atoms with E-state index in [1.54, 1.807) is 24.3 Å². The summed E-state index contributed by atoms with van der Waals surface area (Å²) in [6.45, 7) is 0. The van der Waals surface area contributed by atoms with Gasteiger partial charge in [-0.2, -0.15) is 34.5 Å². The molecule has 4 rings (SSSR count). The van der Waals surface area contributed by atoms with Gasteiger partial charge in [-0.05, 0) is 23.6 Å². The molecule has 0 radical (unpaired) electrons. The van der Waals surface area contributed by atoms with E-state index in [4.69, 9.17) is 4.52 Å². The summed E-state index contributed by atoms with van der Waals surface area (Å²) >= 11 is 1.52. The number of rotatable bonds is 3. The zero-order chi connectivity index (χ0) is 17.4. The third-order valence-corrected chi connectivity index (χ3v) is 3.95. The number of hydrogen-bond acceptors (Lipinski definition) is 7. The summed E-state index contributed by atoms with van der Waals surface area (Å²) in [6, 6.07) is 8.23. The maximum atomic E-state index is 12.5. The van der Waals surface area contributed by atoms with Gasteiger partial charge in [-0.3, -0.25) is 0 Å². The Labute approximate surface area is 141 Å². The van der Waals surface area contributed by atoms with Crippen LogP contribution in [0.15, 0.2) is 50.1 Å². The second-order valence-corrected chi connectivity index (χ2v) is 5.71. The van der Waals surface area contributed by atoms with Gasteiger partial charge in [-0.25, -0.2) is 0 Å². The molecule has 1 aromatic carbocycles. The van der Waals surface area contributed by atoms with Crippen LogP contribution in [0.3, 0.4) is 0 Å². The van der Waals surface area contributed by atoms with Crippen LogP contribution in [0.1, 0.15) is 5.89 Å². The second kappa shape index (κ2) is 5.81. The van der Waals surface area contributed by atoms with E-state index in [0.29, 0.717) is 22.8 Å². The maximum absolute atomic E-state index is 12.5. The van der Waals surface area contributed by atoms with E-state index >= 15 is 0 Å². The standard InChI is InChI=1S/C15H7F3N4O2S/c16-15(17,18)14-20-11(22-24-14)8-1-3-9(4-2-8)13-19-12(21-23-13)10-5-6-25-7-10/h1-7H. The van der Waals surface area contributed by atoms with Crippen LogP contribution in [-0.2, 0) is 6.18 Å². The van der Waals surface area contributed by atoms with Crippen molar-refractivity contribution in [3.8, 4) is 34.2 Å². The molecule has 0 aliphatic rings. The highest BCUT2D eigenvalue weighted by Gasteiger charge is 2.38. The van der Waals surface area contributed by atoms with Gasteiger partial charge in [0.1, 0.15) is 0 Å². The summed E-state index contributed by atoms with van der Waals surface area (Å²) in [7, 11) is 0. The van der Waals surface area contributed by atoms with Crippen molar-refractivity contribution in [3.05, 3.63) is 47.0 Å². The van der Waals surface area contributed by atoms with Gasteiger partial charge in [0.2, 0.25) is 11.6 Å².